The highest BCUT2D eigenvalue weighted by Gasteiger charge is 2.19. The van der Waals surface area contributed by atoms with Gasteiger partial charge < -0.3 is 14.8 Å². The SMILES string of the molecule is COc1cc(OC)nc(C(=O)c2ccccc2NC(C)=O)n1. The number of aromatic nitrogens is 2. The summed E-state index contributed by atoms with van der Waals surface area (Å²) in [6, 6.07) is 8.09. The molecule has 1 aromatic carbocycles. The first kappa shape index (κ1) is 15.4. The van der Waals surface area contributed by atoms with Crippen LogP contribution in [0.1, 0.15) is 23.1 Å². The zero-order valence-electron chi connectivity index (χ0n) is 12.4. The number of ether oxygens (including phenoxy) is 2. The lowest BCUT2D eigenvalue weighted by molar-refractivity contribution is -0.114. The van der Waals surface area contributed by atoms with Gasteiger partial charge in [0, 0.05) is 12.5 Å². The summed E-state index contributed by atoms with van der Waals surface area (Å²) in [7, 11) is 2.86. The quantitative estimate of drug-likeness (QED) is 0.845. The maximum absolute atomic E-state index is 12.6. The van der Waals surface area contributed by atoms with Crippen molar-refractivity contribution in [1.82, 2.24) is 9.97 Å². The molecule has 1 heterocycles. The van der Waals surface area contributed by atoms with Crippen LogP contribution in [0.2, 0.25) is 0 Å². The van der Waals surface area contributed by atoms with E-state index in [-0.39, 0.29) is 29.1 Å². The number of hydrogen-bond acceptors (Lipinski definition) is 6. The standard InChI is InChI=1S/C15H15N3O4/c1-9(19)16-11-7-5-4-6-10(11)14(20)15-17-12(21-2)8-13(18-15)22-3/h4-8H,1-3H3,(H,16,19). The third-order valence-corrected chi connectivity index (χ3v) is 2.78. The van der Waals surface area contributed by atoms with Gasteiger partial charge in [0.25, 0.3) is 0 Å². The van der Waals surface area contributed by atoms with Gasteiger partial charge in [-0.15, -0.1) is 0 Å². The number of nitrogens with zero attached hydrogens (tertiary/aromatic N) is 2. The van der Waals surface area contributed by atoms with Crippen LogP contribution in [0.15, 0.2) is 30.3 Å². The van der Waals surface area contributed by atoms with Crippen LogP contribution in [0, 0.1) is 0 Å². The molecule has 0 saturated carbocycles. The van der Waals surface area contributed by atoms with Crippen molar-refractivity contribution in [3.63, 3.8) is 0 Å². The van der Waals surface area contributed by atoms with Gasteiger partial charge in [0.2, 0.25) is 29.3 Å². The Kier molecular flexibility index (Phi) is 4.67. The van der Waals surface area contributed by atoms with Crippen molar-refractivity contribution in [2.45, 2.75) is 6.92 Å². The molecule has 0 saturated heterocycles. The Labute approximate surface area is 127 Å². The molecule has 7 heteroatoms. The van der Waals surface area contributed by atoms with Gasteiger partial charge in [0.15, 0.2) is 0 Å². The Bertz CT molecular complexity index is 693. The summed E-state index contributed by atoms with van der Waals surface area (Å²) in [6.07, 6.45) is 0. The van der Waals surface area contributed by atoms with E-state index < -0.39 is 5.78 Å². The van der Waals surface area contributed by atoms with Crippen molar-refractivity contribution in [1.29, 1.82) is 0 Å². The molecule has 114 valence electrons. The molecule has 0 aliphatic heterocycles. The number of methoxy groups -OCH3 is 2. The second-order valence-electron chi connectivity index (χ2n) is 4.33. The fourth-order valence-electron chi connectivity index (χ4n) is 1.81. The lowest BCUT2D eigenvalue weighted by Crippen LogP contribution is -2.14. The second-order valence-corrected chi connectivity index (χ2v) is 4.33. The lowest BCUT2D eigenvalue weighted by atomic mass is 10.1. The van der Waals surface area contributed by atoms with Gasteiger partial charge in [0.05, 0.1) is 26.0 Å². The van der Waals surface area contributed by atoms with E-state index >= 15 is 0 Å². The molecular formula is C15H15N3O4. The van der Waals surface area contributed by atoms with Crippen molar-refractivity contribution in [3.05, 3.63) is 41.7 Å². The molecule has 0 radical (unpaired) electrons. The Morgan fingerprint density at radius 2 is 1.64 bits per heavy atom. The summed E-state index contributed by atoms with van der Waals surface area (Å²) in [5.41, 5.74) is 0.679. The predicted molar refractivity (Wildman–Crippen MR) is 79.3 cm³/mol. The average Bonchev–Trinajstić information content (AvgIpc) is 2.53. The van der Waals surface area contributed by atoms with Gasteiger partial charge in [-0.2, -0.15) is 9.97 Å². The molecular weight excluding hydrogens is 286 g/mol. The van der Waals surface area contributed by atoms with Gasteiger partial charge in [0.1, 0.15) is 0 Å². The normalized spacial score (nSPS) is 9.95. The number of nitrogens with one attached hydrogen (secondary N) is 1. The summed E-state index contributed by atoms with van der Waals surface area (Å²) in [6.45, 7) is 1.37. The molecule has 22 heavy (non-hydrogen) atoms. The van der Waals surface area contributed by atoms with E-state index in [1.165, 1.54) is 27.2 Å². The summed E-state index contributed by atoms with van der Waals surface area (Å²) in [4.78, 5) is 31.9. The highest BCUT2D eigenvalue weighted by molar-refractivity contribution is 6.11. The number of para-hydroxylation sites is 1. The minimum atomic E-state index is -0.443. The minimum Gasteiger partial charge on any atom is -0.481 e. The largest absolute Gasteiger partial charge is 0.481 e. The number of carbonyl (C=O) groups is 2. The van der Waals surface area contributed by atoms with Crippen molar-refractivity contribution < 1.29 is 19.1 Å². The topological polar surface area (TPSA) is 90.4 Å². The van der Waals surface area contributed by atoms with E-state index in [4.69, 9.17) is 9.47 Å². The fourth-order valence-corrected chi connectivity index (χ4v) is 1.81. The van der Waals surface area contributed by atoms with Crippen LogP contribution in [0.4, 0.5) is 5.69 Å². The van der Waals surface area contributed by atoms with Crippen molar-refractivity contribution in [3.8, 4) is 11.8 Å². The van der Waals surface area contributed by atoms with E-state index in [2.05, 4.69) is 15.3 Å². The number of carbonyl (C=O) groups excluding carboxylic acids is 2. The van der Waals surface area contributed by atoms with Crippen molar-refractivity contribution in [2.75, 3.05) is 19.5 Å². The van der Waals surface area contributed by atoms with Crippen LogP contribution in [-0.4, -0.2) is 35.9 Å². The molecule has 1 aromatic heterocycles. The van der Waals surface area contributed by atoms with Crippen LogP contribution >= 0.6 is 0 Å². The summed E-state index contributed by atoms with van der Waals surface area (Å²) >= 11 is 0. The van der Waals surface area contributed by atoms with Gasteiger partial charge >= 0.3 is 0 Å². The number of amides is 1. The van der Waals surface area contributed by atoms with Gasteiger partial charge in [-0.25, -0.2) is 0 Å². The fraction of sp³-hybridized carbons (Fsp3) is 0.200. The van der Waals surface area contributed by atoms with Gasteiger partial charge in [-0.1, -0.05) is 12.1 Å². The molecule has 2 rings (SSSR count). The molecule has 7 nitrogen and oxygen atoms in total. The number of ketones is 1. The Morgan fingerprint density at radius 1 is 1.05 bits per heavy atom. The van der Waals surface area contributed by atoms with Crippen LogP contribution in [0.3, 0.4) is 0 Å². The number of rotatable bonds is 5. The van der Waals surface area contributed by atoms with E-state index in [0.29, 0.717) is 5.69 Å². The van der Waals surface area contributed by atoms with Crippen LogP contribution in [0.5, 0.6) is 11.8 Å². The highest BCUT2D eigenvalue weighted by atomic mass is 16.5. The third-order valence-electron chi connectivity index (χ3n) is 2.78. The first-order valence-electron chi connectivity index (χ1n) is 6.43. The monoisotopic (exact) mass is 301 g/mol. The number of benzene rings is 1. The van der Waals surface area contributed by atoms with Gasteiger partial charge in [-0.3, -0.25) is 9.59 Å². The zero-order valence-corrected chi connectivity index (χ0v) is 12.4. The molecule has 0 aliphatic carbocycles. The lowest BCUT2D eigenvalue weighted by Gasteiger charge is -2.09. The molecule has 0 spiro atoms. The molecule has 1 amide bonds. The Hall–Kier alpha value is -2.96. The molecule has 0 bridgehead atoms. The van der Waals surface area contributed by atoms with Crippen LogP contribution in [-0.2, 0) is 4.79 Å². The summed E-state index contributed by atoms with van der Waals surface area (Å²) < 4.78 is 10.1. The van der Waals surface area contributed by atoms with E-state index in [9.17, 15) is 9.59 Å². The second kappa shape index (κ2) is 6.66. The first-order chi connectivity index (χ1) is 10.5. The third kappa shape index (κ3) is 3.38. The van der Waals surface area contributed by atoms with Crippen molar-refractivity contribution in [2.24, 2.45) is 0 Å². The Balaban J connectivity index is 2.46. The Morgan fingerprint density at radius 3 is 2.18 bits per heavy atom. The maximum atomic E-state index is 12.6. The number of hydrogen-bond donors (Lipinski definition) is 1. The summed E-state index contributed by atoms with van der Waals surface area (Å²) in [5, 5.41) is 2.60. The average molecular weight is 301 g/mol. The predicted octanol–water partition coefficient (Wildman–Crippen LogP) is 1.68. The minimum absolute atomic E-state index is 0.0750. The van der Waals surface area contributed by atoms with E-state index in [1.807, 2.05) is 0 Å². The molecule has 0 atom stereocenters. The molecule has 2 aromatic rings. The zero-order chi connectivity index (χ0) is 16.1. The smallest absolute Gasteiger partial charge is 0.232 e. The van der Waals surface area contributed by atoms with E-state index in [1.54, 1.807) is 24.3 Å². The highest BCUT2D eigenvalue weighted by Crippen LogP contribution is 2.21. The molecule has 0 fully saturated rings. The van der Waals surface area contributed by atoms with Crippen LogP contribution < -0.4 is 14.8 Å². The van der Waals surface area contributed by atoms with Gasteiger partial charge in [-0.05, 0) is 12.1 Å². The molecule has 1 N–H and O–H groups in total. The first-order valence-corrected chi connectivity index (χ1v) is 6.43. The molecule has 0 aliphatic rings. The maximum Gasteiger partial charge on any atom is 0.232 e. The van der Waals surface area contributed by atoms with Crippen molar-refractivity contribution >= 4 is 17.4 Å². The number of anilines is 1. The van der Waals surface area contributed by atoms with E-state index in [0.717, 1.165) is 0 Å². The summed E-state index contributed by atoms with van der Waals surface area (Å²) in [5.74, 6) is -0.362. The molecule has 0 unspecified atom stereocenters. The van der Waals surface area contributed by atoms with Crippen LogP contribution in [0.25, 0.3) is 0 Å².